The molecule has 0 saturated heterocycles. The van der Waals surface area contributed by atoms with Gasteiger partial charge in [0.1, 0.15) is 5.84 Å². The van der Waals surface area contributed by atoms with Crippen molar-refractivity contribution in [3.05, 3.63) is 210 Å². The highest BCUT2D eigenvalue weighted by molar-refractivity contribution is 6.18. The largest absolute Gasteiger partial charge is 0.297 e. The standard InChI is InChI=1S/C51H36N2/c1-4-14-33(15-5-1)38-24-25-49-46(28-38)47-32-42-40(30-41(34-16-6-2-7-17-34)44-26-36-20-10-11-21-37(36)27-45(42)44)31-50(47)53(49)51-43(35-18-8-3-9-19-35)29-39-22-12-13-23-48(39)52-51/h1-28,31-32,41,43H,29-30H2/t41?,43-/m1/s1. The van der Waals surface area contributed by atoms with Crippen LogP contribution in [0.3, 0.4) is 0 Å². The van der Waals surface area contributed by atoms with Gasteiger partial charge in [-0.3, -0.25) is 4.57 Å². The maximum absolute atomic E-state index is 5.55. The van der Waals surface area contributed by atoms with Crippen LogP contribution in [0.5, 0.6) is 0 Å². The van der Waals surface area contributed by atoms with Gasteiger partial charge in [-0.05, 0) is 116 Å². The van der Waals surface area contributed by atoms with E-state index in [0.717, 1.165) is 24.4 Å². The number of aliphatic imine (C=N–C) groups is 1. The summed E-state index contributed by atoms with van der Waals surface area (Å²) in [5, 5.41) is 5.09. The molecule has 11 rings (SSSR count). The smallest absolute Gasteiger partial charge is 0.122 e. The van der Waals surface area contributed by atoms with E-state index in [9.17, 15) is 0 Å². The molecule has 2 aliphatic rings. The normalized spacial score (nSPS) is 16.3. The Labute approximate surface area is 309 Å². The van der Waals surface area contributed by atoms with Gasteiger partial charge in [-0.25, -0.2) is 4.99 Å². The van der Waals surface area contributed by atoms with E-state index in [1.165, 1.54) is 82.6 Å². The zero-order valence-corrected chi connectivity index (χ0v) is 29.3. The lowest BCUT2D eigenvalue weighted by molar-refractivity contribution is 0.795. The molecule has 0 fully saturated rings. The fraction of sp³-hybridized carbons (Fsp3) is 0.0784. The van der Waals surface area contributed by atoms with Gasteiger partial charge in [-0.15, -0.1) is 0 Å². The van der Waals surface area contributed by atoms with Gasteiger partial charge in [0, 0.05) is 22.6 Å². The molecule has 0 radical (unpaired) electrons. The number of hydrogen-bond donors (Lipinski definition) is 0. The minimum absolute atomic E-state index is 0.110. The molecular formula is C51H36N2. The Kier molecular flexibility index (Phi) is 6.85. The number of hydrogen-bond acceptors (Lipinski definition) is 1. The molecule has 9 aromatic rings. The van der Waals surface area contributed by atoms with Crippen LogP contribution in [0.25, 0.3) is 54.8 Å². The van der Waals surface area contributed by atoms with Gasteiger partial charge >= 0.3 is 0 Å². The predicted octanol–water partition coefficient (Wildman–Crippen LogP) is 12.9. The minimum Gasteiger partial charge on any atom is -0.297 e. The van der Waals surface area contributed by atoms with E-state index in [0.29, 0.717) is 0 Å². The number of benzene rings is 8. The molecule has 0 saturated carbocycles. The number of nitrogens with zero attached hydrogens (tertiary/aromatic N) is 2. The molecule has 8 aromatic carbocycles. The van der Waals surface area contributed by atoms with Crippen molar-refractivity contribution in [2.45, 2.75) is 24.7 Å². The van der Waals surface area contributed by atoms with Crippen LogP contribution in [0.15, 0.2) is 187 Å². The van der Waals surface area contributed by atoms with Crippen LogP contribution in [-0.4, -0.2) is 10.4 Å². The van der Waals surface area contributed by atoms with Gasteiger partial charge in [-0.2, -0.15) is 0 Å². The fourth-order valence-electron chi connectivity index (χ4n) is 9.14. The number of rotatable bonds is 3. The summed E-state index contributed by atoms with van der Waals surface area (Å²) in [5.41, 5.74) is 15.3. The topological polar surface area (TPSA) is 17.3 Å². The second-order valence-corrected chi connectivity index (χ2v) is 14.7. The second kappa shape index (κ2) is 12.0. The van der Waals surface area contributed by atoms with E-state index in [2.05, 4.69) is 187 Å². The summed E-state index contributed by atoms with van der Waals surface area (Å²) in [7, 11) is 0. The van der Waals surface area contributed by atoms with Crippen molar-refractivity contribution in [3.63, 3.8) is 0 Å². The highest BCUT2D eigenvalue weighted by Crippen LogP contribution is 2.48. The molecule has 0 spiro atoms. The maximum atomic E-state index is 5.55. The summed E-state index contributed by atoms with van der Waals surface area (Å²) in [6.45, 7) is 0. The van der Waals surface area contributed by atoms with Gasteiger partial charge in [0.05, 0.1) is 16.7 Å². The molecule has 1 unspecified atom stereocenters. The Morgan fingerprint density at radius 3 is 1.83 bits per heavy atom. The first-order chi connectivity index (χ1) is 26.3. The van der Waals surface area contributed by atoms with Crippen molar-refractivity contribution in [2.24, 2.45) is 4.99 Å². The third-order valence-corrected chi connectivity index (χ3v) is 11.7. The molecule has 2 nitrogen and oxygen atoms in total. The predicted molar refractivity (Wildman–Crippen MR) is 222 cm³/mol. The monoisotopic (exact) mass is 676 g/mol. The zero-order chi connectivity index (χ0) is 34.9. The molecule has 2 atom stereocenters. The summed E-state index contributed by atoms with van der Waals surface area (Å²) >= 11 is 0. The van der Waals surface area contributed by atoms with E-state index in [1.807, 2.05) is 0 Å². The van der Waals surface area contributed by atoms with Gasteiger partial charge in [0.15, 0.2) is 0 Å². The van der Waals surface area contributed by atoms with Crippen LogP contribution in [0.1, 0.15) is 39.7 Å². The molecule has 1 aliphatic carbocycles. The van der Waals surface area contributed by atoms with Crippen molar-refractivity contribution in [3.8, 4) is 22.3 Å². The van der Waals surface area contributed by atoms with Gasteiger partial charge in [0.2, 0.25) is 0 Å². The first kappa shape index (κ1) is 30.1. The molecule has 0 amide bonds. The van der Waals surface area contributed by atoms with Gasteiger partial charge in [0.25, 0.3) is 0 Å². The molecular weight excluding hydrogens is 641 g/mol. The molecule has 250 valence electrons. The summed E-state index contributed by atoms with van der Waals surface area (Å²) in [6.07, 6.45) is 1.85. The average molecular weight is 677 g/mol. The molecule has 0 N–H and O–H groups in total. The van der Waals surface area contributed by atoms with Crippen LogP contribution in [-0.2, 0) is 12.8 Å². The van der Waals surface area contributed by atoms with Crippen LogP contribution in [0.4, 0.5) is 5.69 Å². The zero-order valence-electron chi connectivity index (χ0n) is 29.3. The Bertz CT molecular complexity index is 2880. The van der Waals surface area contributed by atoms with Crippen molar-refractivity contribution in [2.75, 3.05) is 0 Å². The van der Waals surface area contributed by atoms with Crippen molar-refractivity contribution in [1.82, 2.24) is 4.57 Å². The lowest BCUT2D eigenvalue weighted by atomic mass is 9.74. The van der Waals surface area contributed by atoms with E-state index in [-0.39, 0.29) is 11.8 Å². The van der Waals surface area contributed by atoms with E-state index < -0.39 is 0 Å². The first-order valence-corrected chi connectivity index (χ1v) is 18.7. The molecule has 2 heterocycles. The third-order valence-electron chi connectivity index (χ3n) is 11.7. The van der Waals surface area contributed by atoms with Gasteiger partial charge < -0.3 is 0 Å². The van der Waals surface area contributed by atoms with E-state index >= 15 is 0 Å². The summed E-state index contributed by atoms with van der Waals surface area (Å²) in [6, 6.07) is 67.2. The molecule has 1 aromatic heterocycles. The van der Waals surface area contributed by atoms with Crippen LogP contribution < -0.4 is 0 Å². The lowest BCUT2D eigenvalue weighted by Crippen LogP contribution is -2.25. The van der Waals surface area contributed by atoms with E-state index in [1.54, 1.807) is 0 Å². The second-order valence-electron chi connectivity index (χ2n) is 14.7. The minimum atomic E-state index is 0.110. The average Bonchev–Trinajstić information content (AvgIpc) is 3.54. The fourth-order valence-corrected chi connectivity index (χ4v) is 9.14. The first-order valence-electron chi connectivity index (χ1n) is 18.7. The number of fused-ring (bicyclic) bond motifs is 8. The van der Waals surface area contributed by atoms with Crippen LogP contribution in [0, 0.1) is 0 Å². The van der Waals surface area contributed by atoms with Crippen molar-refractivity contribution < 1.29 is 0 Å². The Morgan fingerprint density at radius 1 is 0.434 bits per heavy atom. The van der Waals surface area contributed by atoms with Crippen molar-refractivity contribution in [1.29, 1.82) is 0 Å². The van der Waals surface area contributed by atoms with Gasteiger partial charge in [-0.1, -0.05) is 140 Å². The molecule has 1 aliphatic heterocycles. The molecule has 53 heavy (non-hydrogen) atoms. The quantitative estimate of drug-likeness (QED) is 0.177. The maximum Gasteiger partial charge on any atom is 0.122 e. The lowest BCUT2D eigenvalue weighted by Gasteiger charge is -2.30. The highest BCUT2D eigenvalue weighted by Gasteiger charge is 2.31. The summed E-state index contributed by atoms with van der Waals surface area (Å²) in [4.78, 5) is 5.55. The third kappa shape index (κ3) is 4.90. The Balaban J connectivity index is 1.22. The molecule has 0 bridgehead atoms. The SMILES string of the molecule is c1ccc(-c2ccc3c(c2)c2cc4c(cc2n3C2=Nc3ccccc3C[C@@H]2c2ccccc2)CC(c2ccccc2)c2cc3ccccc3cc2-4)cc1. The highest BCUT2D eigenvalue weighted by atomic mass is 15.1. The van der Waals surface area contributed by atoms with Crippen LogP contribution >= 0.6 is 0 Å². The van der Waals surface area contributed by atoms with Crippen LogP contribution in [0.2, 0.25) is 0 Å². The number of para-hydroxylation sites is 1. The summed E-state index contributed by atoms with van der Waals surface area (Å²) < 4.78 is 2.50. The number of aromatic nitrogens is 1. The van der Waals surface area contributed by atoms with E-state index in [4.69, 9.17) is 4.99 Å². The Hall–Kier alpha value is -6.51. The Morgan fingerprint density at radius 2 is 1.06 bits per heavy atom. The molecule has 2 heteroatoms. The summed E-state index contributed by atoms with van der Waals surface area (Å²) in [5.74, 6) is 1.46. The van der Waals surface area contributed by atoms with Crippen molar-refractivity contribution >= 4 is 44.1 Å².